The Morgan fingerprint density at radius 2 is 1.79 bits per heavy atom. The third-order valence-corrected chi connectivity index (χ3v) is 7.26. The van der Waals surface area contributed by atoms with Crippen molar-refractivity contribution < 1.29 is 22.5 Å². The minimum Gasteiger partial charge on any atom is -0.492 e. The Kier molecular flexibility index (Phi) is 8.77. The van der Waals surface area contributed by atoms with Crippen molar-refractivity contribution in [1.82, 2.24) is 10.5 Å². The average molecular weight is 616 g/mol. The van der Waals surface area contributed by atoms with Crippen LogP contribution in [0.5, 0.6) is 5.75 Å². The van der Waals surface area contributed by atoms with Crippen molar-refractivity contribution in [3.8, 4) is 5.75 Å². The number of anilines is 2. The average Bonchev–Trinajstić information content (AvgIpc) is 3.29. The van der Waals surface area contributed by atoms with Crippen LogP contribution in [0.15, 0.2) is 92.8 Å². The van der Waals surface area contributed by atoms with Gasteiger partial charge in [0, 0.05) is 22.6 Å². The van der Waals surface area contributed by atoms with E-state index in [9.17, 15) is 13.2 Å². The number of carbonyl (C=O) groups is 1. The Morgan fingerprint density at radius 3 is 2.47 bits per heavy atom. The number of nitrogens with one attached hydrogen (secondary N) is 3. The minimum absolute atomic E-state index is 0.0186. The summed E-state index contributed by atoms with van der Waals surface area (Å²) in [6, 6.07) is 22.4. The number of ether oxygens (including phenoxy) is 1. The number of rotatable bonds is 9. The summed E-state index contributed by atoms with van der Waals surface area (Å²) in [5, 5.41) is 9.18. The van der Waals surface area contributed by atoms with E-state index in [0.717, 1.165) is 5.56 Å². The molecule has 4 rings (SSSR count). The molecule has 0 unspecified atom stereocenters. The van der Waals surface area contributed by atoms with Gasteiger partial charge in [-0.25, -0.2) is 8.42 Å². The van der Waals surface area contributed by atoms with Crippen LogP contribution >= 0.6 is 28.1 Å². The number of nitrogens with zero attached hydrogens (tertiary/aromatic N) is 1. The monoisotopic (exact) mass is 614 g/mol. The van der Waals surface area contributed by atoms with E-state index >= 15 is 0 Å². The van der Waals surface area contributed by atoms with Crippen molar-refractivity contribution in [2.24, 2.45) is 0 Å². The molecule has 1 amide bonds. The molecule has 0 saturated heterocycles. The minimum atomic E-state index is -3.86. The molecule has 1 heterocycles. The number of halogens is 1. The molecule has 0 aliphatic heterocycles. The molecule has 12 heteroatoms. The number of benzene rings is 3. The van der Waals surface area contributed by atoms with Crippen LogP contribution in [-0.2, 0) is 16.4 Å². The quantitative estimate of drug-likeness (QED) is 0.217. The van der Waals surface area contributed by atoms with Crippen molar-refractivity contribution in [3.63, 3.8) is 0 Å². The van der Waals surface area contributed by atoms with Gasteiger partial charge in [0.1, 0.15) is 11.5 Å². The highest BCUT2D eigenvalue weighted by Gasteiger charge is 2.17. The summed E-state index contributed by atoms with van der Waals surface area (Å²) in [5.41, 5.74) is 1.93. The summed E-state index contributed by atoms with van der Waals surface area (Å²) < 4.78 is 38.9. The maximum absolute atomic E-state index is 13.0. The first-order valence-electron chi connectivity index (χ1n) is 11.3. The second-order valence-electron chi connectivity index (χ2n) is 8.09. The lowest BCUT2D eigenvalue weighted by Crippen LogP contribution is -2.34. The predicted octanol–water partition coefficient (Wildman–Crippen LogP) is 5.29. The summed E-state index contributed by atoms with van der Waals surface area (Å²) >= 11 is 8.68. The molecule has 1 aromatic heterocycles. The molecule has 196 valence electrons. The van der Waals surface area contributed by atoms with Crippen molar-refractivity contribution in [2.45, 2.75) is 18.2 Å². The summed E-state index contributed by atoms with van der Waals surface area (Å²) in [5.74, 6) is 0.537. The van der Waals surface area contributed by atoms with Gasteiger partial charge in [0.25, 0.3) is 15.9 Å². The largest absolute Gasteiger partial charge is 0.492 e. The van der Waals surface area contributed by atoms with Gasteiger partial charge < -0.3 is 14.6 Å². The van der Waals surface area contributed by atoms with Gasteiger partial charge in [-0.05, 0) is 67.2 Å². The summed E-state index contributed by atoms with van der Waals surface area (Å²) in [7, 11) is -3.86. The van der Waals surface area contributed by atoms with Gasteiger partial charge >= 0.3 is 0 Å². The summed E-state index contributed by atoms with van der Waals surface area (Å²) in [6.07, 6.45) is 0.692. The molecule has 0 saturated carbocycles. The van der Waals surface area contributed by atoms with E-state index in [-0.39, 0.29) is 15.8 Å². The van der Waals surface area contributed by atoms with Crippen LogP contribution in [0.2, 0.25) is 0 Å². The Morgan fingerprint density at radius 1 is 1.05 bits per heavy atom. The second kappa shape index (κ2) is 12.2. The highest BCUT2D eigenvalue weighted by atomic mass is 79.9. The Labute approximate surface area is 233 Å². The smallest absolute Gasteiger partial charge is 0.263 e. The van der Waals surface area contributed by atoms with Crippen LogP contribution in [0.3, 0.4) is 0 Å². The zero-order chi connectivity index (χ0) is 27.1. The van der Waals surface area contributed by atoms with Crippen LogP contribution in [0.4, 0.5) is 11.5 Å². The third kappa shape index (κ3) is 7.40. The number of aromatic nitrogens is 1. The van der Waals surface area contributed by atoms with E-state index in [0.29, 0.717) is 40.3 Å². The van der Waals surface area contributed by atoms with Crippen LogP contribution in [0.1, 0.15) is 21.7 Å². The Hall–Kier alpha value is -3.74. The lowest BCUT2D eigenvalue weighted by Gasteiger charge is -2.14. The molecule has 0 bridgehead atoms. The van der Waals surface area contributed by atoms with Gasteiger partial charge in [-0.3, -0.25) is 14.8 Å². The van der Waals surface area contributed by atoms with Crippen LogP contribution in [0, 0.1) is 6.92 Å². The van der Waals surface area contributed by atoms with Gasteiger partial charge in [0.05, 0.1) is 17.1 Å². The first kappa shape index (κ1) is 27.3. The molecule has 0 spiro atoms. The fraction of sp³-hybridized carbons (Fsp3) is 0.115. The maximum atomic E-state index is 13.0. The number of hydrogen-bond acceptors (Lipinski definition) is 7. The number of hydrogen-bond donors (Lipinski definition) is 3. The van der Waals surface area contributed by atoms with E-state index in [1.807, 2.05) is 30.3 Å². The molecule has 0 aliphatic carbocycles. The molecule has 0 radical (unpaired) electrons. The van der Waals surface area contributed by atoms with Crippen LogP contribution < -0.4 is 20.1 Å². The number of carbonyl (C=O) groups excluding carboxylic acids is 1. The SMILES string of the molecule is Cc1cc(NS(=O)(=O)c2ccc(NC(=S)NC(=O)c3cc(Br)ccc3OCCc3ccccc3)cc2)no1. The van der Waals surface area contributed by atoms with Gasteiger partial charge in [-0.15, -0.1) is 0 Å². The summed E-state index contributed by atoms with van der Waals surface area (Å²) in [4.78, 5) is 13.0. The van der Waals surface area contributed by atoms with E-state index in [2.05, 4.69) is 36.4 Å². The van der Waals surface area contributed by atoms with Crippen molar-refractivity contribution in [2.75, 3.05) is 16.6 Å². The normalized spacial score (nSPS) is 11.0. The topological polar surface area (TPSA) is 123 Å². The standard InChI is InChI=1S/C26H23BrN4O5S2/c1-17-15-24(30-36-17)31-38(33,34)21-10-8-20(9-11-21)28-26(37)29-25(32)22-16-19(27)7-12-23(22)35-14-13-18-5-3-2-4-6-18/h2-12,15-16H,13-14H2,1H3,(H,30,31)(H2,28,29,32,37). The predicted molar refractivity (Wildman–Crippen MR) is 152 cm³/mol. The third-order valence-electron chi connectivity index (χ3n) is 5.19. The van der Waals surface area contributed by atoms with Gasteiger partial charge in [0.2, 0.25) is 0 Å². The fourth-order valence-electron chi connectivity index (χ4n) is 3.39. The Bertz CT molecular complexity index is 1540. The lowest BCUT2D eigenvalue weighted by atomic mass is 10.1. The van der Waals surface area contributed by atoms with Crippen LogP contribution in [0.25, 0.3) is 0 Å². The van der Waals surface area contributed by atoms with Crippen molar-refractivity contribution in [1.29, 1.82) is 0 Å². The van der Waals surface area contributed by atoms with Crippen molar-refractivity contribution >= 4 is 60.7 Å². The highest BCUT2D eigenvalue weighted by molar-refractivity contribution is 9.10. The molecular formula is C26H23BrN4O5S2. The van der Waals surface area contributed by atoms with E-state index < -0.39 is 15.9 Å². The summed E-state index contributed by atoms with van der Waals surface area (Å²) in [6.45, 7) is 2.05. The first-order valence-corrected chi connectivity index (χ1v) is 14.0. The zero-order valence-corrected chi connectivity index (χ0v) is 23.3. The number of aryl methyl sites for hydroxylation is 1. The molecule has 0 aliphatic rings. The maximum Gasteiger partial charge on any atom is 0.263 e. The molecule has 0 atom stereocenters. The number of amides is 1. The molecule has 0 fully saturated rings. The molecule has 4 aromatic rings. The molecule has 9 nitrogen and oxygen atoms in total. The van der Waals surface area contributed by atoms with E-state index in [1.54, 1.807) is 25.1 Å². The van der Waals surface area contributed by atoms with E-state index in [4.69, 9.17) is 21.5 Å². The number of thiocarbonyl (C=S) groups is 1. The lowest BCUT2D eigenvalue weighted by molar-refractivity contribution is 0.0973. The Balaban J connectivity index is 1.36. The van der Waals surface area contributed by atoms with Gasteiger partial charge in [-0.2, -0.15) is 0 Å². The highest BCUT2D eigenvalue weighted by Crippen LogP contribution is 2.24. The molecule has 38 heavy (non-hydrogen) atoms. The first-order chi connectivity index (χ1) is 18.2. The number of sulfonamides is 1. The van der Waals surface area contributed by atoms with Gasteiger partial charge in [-0.1, -0.05) is 51.4 Å². The molecular weight excluding hydrogens is 592 g/mol. The fourth-order valence-corrected chi connectivity index (χ4v) is 4.95. The second-order valence-corrected chi connectivity index (χ2v) is 11.1. The van der Waals surface area contributed by atoms with Gasteiger partial charge in [0.15, 0.2) is 10.9 Å². The molecule has 3 aromatic carbocycles. The van der Waals surface area contributed by atoms with Crippen molar-refractivity contribution in [3.05, 3.63) is 100 Å². The van der Waals surface area contributed by atoms with E-state index in [1.165, 1.54) is 30.3 Å². The zero-order valence-electron chi connectivity index (χ0n) is 20.1. The molecule has 3 N–H and O–H groups in total. The van der Waals surface area contributed by atoms with Crippen LogP contribution in [-0.4, -0.2) is 31.2 Å².